The first-order valence-corrected chi connectivity index (χ1v) is 7.04. The van der Waals surface area contributed by atoms with Gasteiger partial charge in [-0.3, -0.25) is 0 Å². The molecule has 15 heavy (non-hydrogen) atoms. The molecule has 2 saturated carbocycles. The lowest BCUT2D eigenvalue weighted by molar-refractivity contribution is -0.0232. The number of rotatable bonds is 1. The largest absolute Gasteiger partial charge is 0.0625 e. The highest BCUT2D eigenvalue weighted by molar-refractivity contribution is 4.95. The van der Waals surface area contributed by atoms with Crippen LogP contribution in [-0.4, -0.2) is 0 Å². The molecule has 2 aliphatic carbocycles. The third kappa shape index (κ3) is 1.97. The molecule has 0 heterocycles. The molecule has 0 heteroatoms. The molecule has 0 aromatic carbocycles. The predicted molar refractivity (Wildman–Crippen MR) is 66.8 cm³/mol. The zero-order chi connectivity index (χ0) is 11.1. The summed E-state index contributed by atoms with van der Waals surface area (Å²) in [4.78, 5) is 0. The summed E-state index contributed by atoms with van der Waals surface area (Å²) in [6, 6.07) is 0. The van der Waals surface area contributed by atoms with Crippen LogP contribution in [0.4, 0.5) is 0 Å². The summed E-state index contributed by atoms with van der Waals surface area (Å²) in [6.45, 7) is 9.94. The van der Waals surface area contributed by atoms with Crippen LogP contribution in [0.15, 0.2) is 0 Å². The summed E-state index contributed by atoms with van der Waals surface area (Å²) in [5.74, 6) is 3.93. The Balaban J connectivity index is 2.12. The minimum Gasteiger partial charge on any atom is -0.0625 e. The molecule has 2 aliphatic rings. The first kappa shape index (κ1) is 11.5. The van der Waals surface area contributed by atoms with E-state index < -0.39 is 0 Å². The van der Waals surface area contributed by atoms with Gasteiger partial charge in [0, 0.05) is 0 Å². The summed E-state index contributed by atoms with van der Waals surface area (Å²) in [6.07, 6.45) is 9.03. The maximum Gasteiger partial charge on any atom is -0.0269 e. The molecule has 4 atom stereocenters. The Labute approximate surface area is 95.8 Å². The average molecular weight is 208 g/mol. The smallest absolute Gasteiger partial charge is 0.0269 e. The Morgan fingerprint density at radius 1 is 1.07 bits per heavy atom. The first-order valence-electron chi connectivity index (χ1n) is 7.04. The Morgan fingerprint density at radius 3 is 2.47 bits per heavy atom. The molecule has 2 fully saturated rings. The van der Waals surface area contributed by atoms with E-state index in [1.54, 1.807) is 0 Å². The molecule has 0 aromatic rings. The van der Waals surface area contributed by atoms with Crippen molar-refractivity contribution in [1.29, 1.82) is 0 Å². The van der Waals surface area contributed by atoms with Crippen molar-refractivity contribution in [2.45, 2.75) is 66.2 Å². The monoisotopic (exact) mass is 208 g/mol. The van der Waals surface area contributed by atoms with Crippen LogP contribution in [-0.2, 0) is 0 Å². The molecule has 0 bridgehead atoms. The van der Waals surface area contributed by atoms with Gasteiger partial charge in [-0.15, -0.1) is 0 Å². The standard InChI is InChI=1S/C15H28/c1-11(2)13-8-9-14-7-5-6-12(3)15(14,4)10-13/h11-14H,5-10H2,1-4H3/t12-,13+,14-,15+/m0/s1. The van der Waals surface area contributed by atoms with Crippen molar-refractivity contribution in [3.05, 3.63) is 0 Å². The van der Waals surface area contributed by atoms with E-state index in [0.29, 0.717) is 5.41 Å². The molecule has 0 aromatic heterocycles. The van der Waals surface area contributed by atoms with E-state index in [0.717, 1.165) is 23.7 Å². The second-order valence-corrected chi connectivity index (χ2v) is 6.82. The maximum atomic E-state index is 2.59. The van der Waals surface area contributed by atoms with Crippen LogP contribution in [0.5, 0.6) is 0 Å². The van der Waals surface area contributed by atoms with Gasteiger partial charge in [-0.25, -0.2) is 0 Å². The molecular weight excluding hydrogens is 180 g/mol. The molecule has 0 nitrogen and oxygen atoms in total. The van der Waals surface area contributed by atoms with E-state index in [-0.39, 0.29) is 0 Å². The summed E-state index contributed by atoms with van der Waals surface area (Å²) >= 11 is 0. The lowest BCUT2D eigenvalue weighted by atomic mass is 9.53. The lowest BCUT2D eigenvalue weighted by Crippen LogP contribution is -2.43. The van der Waals surface area contributed by atoms with Gasteiger partial charge in [0.1, 0.15) is 0 Å². The van der Waals surface area contributed by atoms with Crippen LogP contribution in [0.2, 0.25) is 0 Å². The zero-order valence-electron chi connectivity index (χ0n) is 11.1. The van der Waals surface area contributed by atoms with E-state index in [1.807, 2.05) is 0 Å². The van der Waals surface area contributed by atoms with E-state index in [4.69, 9.17) is 0 Å². The Morgan fingerprint density at radius 2 is 1.80 bits per heavy atom. The van der Waals surface area contributed by atoms with E-state index in [2.05, 4.69) is 27.7 Å². The van der Waals surface area contributed by atoms with Crippen LogP contribution in [0.3, 0.4) is 0 Å². The fourth-order valence-corrected chi connectivity index (χ4v) is 4.23. The molecule has 0 spiro atoms. The van der Waals surface area contributed by atoms with Crippen molar-refractivity contribution in [3.8, 4) is 0 Å². The number of hydrogen-bond acceptors (Lipinski definition) is 0. The summed E-state index contributed by atoms with van der Waals surface area (Å²) in [5, 5.41) is 0. The highest BCUT2D eigenvalue weighted by atomic mass is 14.5. The summed E-state index contributed by atoms with van der Waals surface area (Å²) in [7, 11) is 0. The minimum atomic E-state index is 0.686. The van der Waals surface area contributed by atoms with Crippen molar-refractivity contribution in [2.24, 2.45) is 29.1 Å². The van der Waals surface area contributed by atoms with Gasteiger partial charge in [0.15, 0.2) is 0 Å². The van der Waals surface area contributed by atoms with Crippen LogP contribution < -0.4 is 0 Å². The normalized spacial score (nSPS) is 46.6. The van der Waals surface area contributed by atoms with Gasteiger partial charge in [0.2, 0.25) is 0 Å². The van der Waals surface area contributed by atoms with Crippen molar-refractivity contribution < 1.29 is 0 Å². The number of hydrogen-bond donors (Lipinski definition) is 0. The van der Waals surface area contributed by atoms with Crippen LogP contribution in [0.1, 0.15) is 66.2 Å². The molecule has 0 radical (unpaired) electrons. The van der Waals surface area contributed by atoms with Crippen molar-refractivity contribution in [1.82, 2.24) is 0 Å². The van der Waals surface area contributed by atoms with E-state index >= 15 is 0 Å². The predicted octanol–water partition coefficient (Wildman–Crippen LogP) is 4.89. The molecule has 2 rings (SSSR count). The molecule has 0 unspecified atom stereocenters. The highest BCUT2D eigenvalue weighted by Crippen LogP contribution is 2.55. The van der Waals surface area contributed by atoms with E-state index in [9.17, 15) is 0 Å². The zero-order valence-corrected chi connectivity index (χ0v) is 11.1. The first-order chi connectivity index (χ1) is 7.04. The van der Waals surface area contributed by atoms with Gasteiger partial charge < -0.3 is 0 Å². The Hall–Kier alpha value is 0. The molecular formula is C15H28. The van der Waals surface area contributed by atoms with Gasteiger partial charge in [-0.1, -0.05) is 40.5 Å². The SMILES string of the molecule is CC(C)[C@@H]1CC[C@@H]2CCC[C@H](C)[C@@]2(C)C1. The highest BCUT2D eigenvalue weighted by Gasteiger charge is 2.45. The summed E-state index contributed by atoms with van der Waals surface area (Å²) < 4.78 is 0. The van der Waals surface area contributed by atoms with Crippen molar-refractivity contribution in [3.63, 3.8) is 0 Å². The van der Waals surface area contributed by atoms with Crippen molar-refractivity contribution in [2.75, 3.05) is 0 Å². The lowest BCUT2D eigenvalue weighted by Gasteiger charge is -2.52. The van der Waals surface area contributed by atoms with Gasteiger partial charge in [-0.2, -0.15) is 0 Å². The van der Waals surface area contributed by atoms with Gasteiger partial charge >= 0.3 is 0 Å². The minimum absolute atomic E-state index is 0.686. The van der Waals surface area contributed by atoms with Crippen LogP contribution in [0.25, 0.3) is 0 Å². The second kappa shape index (κ2) is 4.11. The van der Waals surface area contributed by atoms with E-state index in [1.165, 1.54) is 38.5 Å². The molecule has 0 N–H and O–H groups in total. The fraction of sp³-hybridized carbons (Fsp3) is 1.00. The van der Waals surface area contributed by atoms with Crippen LogP contribution in [0, 0.1) is 29.1 Å². The van der Waals surface area contributed by atoms with Gasteiger partial charge in [0.25, 0.3) is 0 Å². The third-order valence-corrected chi connectivity index (χ3v) is 5.78. The van der Waals surface area contributed by atoms with Crippen LogP contribution >= 0.6 is 0 Å². The fourth-order valence-electron chi connectivity index (χ4n) is 4.23. The Kier molecular flexibility index (Phi) is 3.14. The topological polar surface area (TPSA) is 0 Å². The quantitative estimate of drug-likeness (QED) is 0.576. The molecule has 0 amide bonds. The molecule has 0 saturated heterocycles. The number of fused-ring (bicyclic) bond motifs is 1. The average Bonchev–Trinajstić information content (AvgIpc) is 2.19. The van der Waals surface area contributed by atoms with Gasteiger partial charge in [0.05, 0.1) is 0 Å². The molecule has 88 valence electrons. The molecule has 0 aliphatic heterocycles. The maximum absolute atomic E-state index is 2.59. The van der Waals surface area contributed by atoms with Crippen molar-refractivity contribution >= 4 is 0 Å². The summed E-state index contributed by atoms with van der Waals surface area (Å²) in [5.41, 5.74) is 0.686. The second-order valence-electron chi connectivity index (χ2n) is 6.82. The Bertz CT molecular complexity index is 218. The third-order valence-electron chi connectivity index (χ3n) is 5.78. The van der Waals surface area contributed by atoms with Gasteiger partial charge in [-0.05, 0) is 54.8 Å².